The summed E-state index contributed by atoms with van der Waals surface area (Å²) in [4.78, 5) is 75.4. The Morgan fingerprint density at radius 2 is 1.42 bits per heavy atom. The van der Waals surface area contributed by atoms with Crippen molar-refractivity contribution in [3.05, 3.63) is 107 Å². The lowest BCUT2D eigenvalue weighted by atomic mass is 9.70. The number of aromatic amines is 1. The van der Waals surface area contributed by atoms with Gasteiger partial charge in [-0.1, -0.05) is 107 Å². The van der Waals surface area contributed by atoms with E-state index in [-0.39, 0.29) is 55.0 Å². The molecule has 5 aromatic rings. The number of rotatable bonds is 16. The minimum Gasteiger partial charge on any atom is -0.361 e. The molecule has 7 rings (SSSR count). The van der Waals surface area contributed by atoms with E-state index < -0.39 is 34.9 Å². The largest absolute Gasteiger partial charge is 0.361 e. The molecule has 2 aromatic heterocycles. The molecule has 2 fully saturated rings. The average Bonchev–Trinajstić information content (AvgIpc) is 3.87. The number of piperidine rings is 1. The molecule has 1 aliphatic heterocycles. The maximum atomic E-state index is 14.9. The number of Topliss-reactive ketones (excluding diaryl/α,β-unsaturated/α-hetero) is 2. The molecule has 0 radical (unpaired) electrons. The van der Waals surface area contributed by atoms with Crippen molar-refractivity contribution in [3.63, 3.8) is 0 Å². The van der Waals surface area contributed by atoms with Crippen LogP contribution in [0.1, 0.15) is 88.8 Å². The molecular formula is C49H59N5O5S. The highest BCUT2D eigenvalue weighted by Gasteiger charge is 2.46. The quantitative estimate of drug-likeness (QED) is 0.0701. The monoisotopic (exact) mass is 829 g/mol. The molecule has 3 heterocycles. The second-order valence-corrected chi connectivity index (χ2v) is 18.9. The second-order valence-electron chi connectivity index (χ2n) is 17.9. The fourth-order valence-corrected chi connectivity index (χ4v) is 10.2. The van der Waals surface area contributed by atoms with Crippen molar-refractivity contribution in [3.8, 4) is 0 Å². The van der Waals surface area contributed by atoms with Crippen molar-refractivity contribution < 1.29 is 24.0 Å². The van der Waals surface area contributed by atoms with Gasteiger partial charge in [0, 0.05) is 58.3 Å². The predicted octanol–water partition coefficient (Wildman–Crippen LogP) is 7.39. The van der Waals surface area contributed by atoms with Crippen molar-refractivity contribution >= 4 is 61.6 Å². The van der Waals surface area contributed by atoms with Crippen LogP contribution in [0.15, 0.2) is 90.4 Å². The molecule has 316 valence electrons. The van der Waals surface area contributed by atoms with E-state index in [0.717, 1.165) is 70.0 Å². The third-order valence-corrected chi connectivity index (χ3v) is 13.5. The van der Waals surface area contributed by atoms with E-state index in [1.54, 1.807) is 11.3 Å². The summed E-state index contributed by atoms with van der Waals surface area (Å²) in [5.74, 6) is -2.27. The Hall–Kier alpha value is -5.13. The van der Waals surface area contributed by atoms with E-state index in [4.69, 9.17) is 0 Å². The summed E-state index contributed by atoms with van der Waals surface area (Å²) in [5, 5.41) is 16.8. The first-order valence-electron chi connectivity index (χ1n) is 21.7. The summed E-state index contributed by atoms with van der Waals surface area (Å²) in [5.41, 5.74) is 1.93. The lowest BCUT2D eigenvalue weighted by molar-refractivity contribution is -0.141. The molecule has 2 aliphatic rings. The van der Waals surface area contributed by atoms with Gasteiger partial charge >= 0.3 is 0 Å². The van der Waals surface area contributed by atoms with Crippen molar-refractivity contribution in [2.24, 2.45) is 17.3 Å². The maximum absolute atomic E-state index is 14.9. The molecule has 0 bridgehead atoms. The molecular weight excluding hydrogens is 771 g/mol. The van der Waals surface area contributed by atoms with E-state index >= 15 is 0 Å². The van der Waals surface area contributed by atoms with Crippen LogP contribution in [-0.2, 0) is 43.2 Å². The van der Waals surface area contributed by atoms with Crippen LogP contribution < -0.4 is 21.3 Å². The van der Waals surface area contributed by atoms with Gasteiger partial charge in [-0.05, 0) is 84.8 Å². The van der Waals surface area contributed by atoms with E-state index in [0.29, 0.717) is 25.7 Å². The summed E-state index contributed by atoms with van der Waals surface area (Å²) >= 11 is 1.59. The van der Waals surface area contributed by atoms with Crippen molar-refractivity contribution in [2.45, 2.75) is 109 Å². The normalized spacial score (nSPS) is 17.4. The number of hydrogen-bond acceptors (Lipinski definition) is 7. The Labute approximate surface area is 357 Å². The number of ketones is 2. The first kappa shape index (κ1) is 43.0. The first-order valence-corrected chi connectivity index (χ1v) is 22.5. The van der Waals surface area contributed by atoms with Crippen LogP contribution in [0.2, 0.25) is 0 Å². The number of carbonyl (C=O) groups is 5. The minimum atomic E-state index is -1.01. The SMILES string of the molecule is CC(C)(C)C(=O)C1(NC(=O)[C@@H](CC(=O)[C@@H](Cc2c[nH]c3ccccc23)NC(=O)[C@@H](Cc2csc3ccccc23)NC(=O)C2CCNCC2)Cc2ccccc2)CCCCC1. The third kappa shape index (κ3) is 10.2. The zero-order chi connectivity index (χ0) is 42.3. The van der Waals surface area contributed by atoms with Crippen molar-refractivity contribution in [2.75, 3.05) is 13.1 Å². The number of carbonyl (C=O) groups excluding carboxylic acids is 5. The fourth-order valence-electron chi connectivity index (χ4n) is 9.19. The summed E-state index contributed by atoms with van der Waals surface area (Å²) < 4.78 is 1.09. The fraction of sp³-hybridized carbons (Fsp3) is 0.449. The standard InChI is InChI=1S/C49H59N5O5S/c1-48(2,3)47(59)49(22-12-5-13-23-49)54-45(57)34(26-32-14-6-4-7-15-32)29-42(55)40(27-35-30-51-39-18-10-8-16-37(35)39)52-46(58)41(53-44(56)33-20-24-50-25-21-33)28-36-31-60-43-19-11-9-17-38(36)43/h4,6-11,14-19,30-31,33-34,40-41,50-51H,5,12-13,20-29H2,1-3H3,(H,52,58)(H,53,56)(H,54,57)/t34-,40-,41-/m1/s1. The maximum Gasteiger partial charge on any atom is 0.243 e. The van der Waals surface area contributed by atoms with E-state index in [1.165, 1.54) is 0 Å². The smallest absolute Gasteiger partial charge is 0.243 e. The van der Waals surface area contributed by atoms with Gasteiger partial charge in [-0.25, -0.2) is 0 Å². The number of H-pyrrole nitrogens is 1. The van der Waals surface area contributed by atoms with Gasteiger partial charge in [-0.2, -0.15) is 0 Å². The Balaban J connectivity index is 1.20. The molecule has 0 spiro atoms. The van der Waals surface area contributed by atoms with Crippen LogP contribution in [0.4, 0.5) is 0 Å². The van der Waals surface area contributed by atoms with Gasteiger partial charge in [-0.15, -0.1) is 11.3 Å². The van der Waals surface area contributed by atoms with Crippen LogP contribution in [-0.4, -0.2) is 65.0 Å². The number of nitrogens with one attached hydrogen (secondary N) is 5. The average molecular weight is 830 g/mol. The van der Waals surface area contributed by atoms with Crippen LogP contribution >= 0.6 is 11.3 Å². The lowest BCUT2D eigenvalue weighted by Crippen LogP contribution is -2.60. The Morgan fingerprint density at radius 3 is 2.15 bits per heavy atom. The summed E-state index contributed by atoms with van der Waals surface area (Å²) in [6, 6.07) is 23.5. The number of para-hydroxylation sites is 1. The highest BCUT2D eigenvalue weighted by Crippen LogP contribution is 2.36. The Kier molecular flexibility index (Phi) is 13.7. The Bertz CT molecular complexity index is 2300. The van der Waals surface area contributed by atoms with Gasteiger partial charge in [0.1, 0.15) is 6.04 Å². The van der Waals surface area contributed by atoms with Gasteiger partial charge < -0.3 is 26.3 Å². The number of benzene rings is 3. The van der Waals surface area contributed by atoms with Crippen LogP contribution in [0, 0.1) is 17.3 Å². The minimum absolute atomic E-state index is 0.00768. The molecule has 0 unspecified atom stereocenters. The van der Waals surface area contributed by atoms with Crippen molar-refractivity contribution in [1.29, 1.82) is 0 Å². The predicted molar refractivity (Wildman–Crippen MR) is 239 cm³/mol. The van der Waals surface area contributed by atoms with Gasteiger partial charge in [-0.3, -0.25) is 24.0 Å². The molecule has 3 aromatic carbocycles. The number of aromatic nitrogens is 1. The number of hydrogen-bond donors (Lipinski definition) is 5. The van der Waals surface area contributed by atoms with Gasteiger partial charge in [0.05, 0.1) is 11.6 Å². The molecule has 1 saturated heterocycles. The zero-order valence-electron chi connectivity index (χ0n) is 35.1. The van der Waals surface area contributed by atoms with Gasteiger partial charge in [0.25, 0.3) is 0 Å². The van der Waals surface area contributed by atoms with Crippen molar-refractivity contribution in [1.82, 2.24) is 26.3 Å². The first-order chi connectivity index (χ1) is 28.9. The molecule has 11 heteroatoms. The second kappa shape index (κ2) is 19.1. The number of thiophene rings is 1. The van der Waals surface area contributed by atoms with E-state index in [1.807, 2.05) is 111 Å². The topological polar surface area (TPSA) is 149 Å². The van der Waals surface area contributed by atoms with Gasteiger partial charge in [0.15, 0.2) is 11.6 Å². The summed E-state index contributed by atoms with van der Waals surface area (Å²) in [7, 11) is 0. The molecule has 3 atom stereocenters. The zero-order valence-corrected chi connectivity index (χ0v) is 35.9. The van der Waals surface area contributed by atoms with Gasteiger partial charge in [0.2, 0.25) is 17.7 Å². The number of fused-ring (bicyclic) bond motifs is 2. The lowest BCUT2D eigenvalue weighted by Gasteiger charge is -2.41. The molecule has 1 saturated carbocycles. The Morgan fingerprint density at radius 1 is 0.750 bits per heavy atom. The van der Waals surface area contributed by atoms with Crippen LogP contribution in [0.3, 0.4) is 0 Å². The molecule has 10 nitrogen and oxygen atoms in total. The van der Waals surface area contributed by atoms with Crippen LogP contribution in [0.25, 0.3) is 21.0 Å². The van der Waals surface area contributed by atoms with E-state index in [2.05, 4.69) is 26.3 Å². The van der Waals surface area contributed by atoms with Crippen LogP contribution in [0.5, 0.6) is 0 Å². The summed E-state index contributed by atoms with van der Waals surface area (Å²) in [6.45, 7) is 7.14. The molecule has 1 aliphatic carbocycles. The third-order valence-electron chi connectivity index (χ3n) is 12.5. The highest BCUT2D eigenvalue weighted by atomic mass is 32.1. The summed E-state index contributed by atoms with van der Waals surface area (Å²) in [6.07, 6.45) is 7.56. The number of amides is 3. The molecule has 3 amide bonds. The molecule has 60 heavy (non-hydrogen) atoms. The van der Waals surface area contributed by atoms with E-state index in [9.17, 15) is 24.0 Å². The highest BCUT2D eigenvalue weighted by molar-refractivity contribution is 7.17. The molecule has 5 N–H and O–H groups in total.